The first-order chi connectivity index (χ1) is 22.9. The van der Waals surface area contributed by atoms with Crippen molar-refractivity contribution in [3.63, 3.8) is 0 Å². The third-order valence-corrected chi connectivity index (χ3v) is 9.50. The van der Waals surface area contributed by atoms with Crippen molar-refractivity contribution in [2.75, 3.05) is 19.8 Å². The average molecular weight is 683 g/mol. The number of benzene rings is 1. The fraction of sp³-hybridized carbons (Fsp3) is 0.676. The maximum absolute atomic E-state index is 14.0. The molecule has 0 aromatic heterocycles. The minimum absolute atomic E-state index is 0.00188. The maximum atomic E-state index is 14.0. The van der Waals surface area contributed by atoms with Gasteiger partial charge in [-0.25, -0.2) is 4.79 Å². The van der Waals surface area contributed by atoms with Crippen LogP contribution >= 0.6 is 0 Å². The lowest BCUT2D eigenvalue weighted by Crippen LogP contribution is -2.69. The van der Waals surface area contributed by atoms with Gasteiger partial charge in [-0.15, -0.1) is 0 Å². The van der Waals surface area contributed by atoms with Crippen molar-refractivity contribution in [1.82, 2.24) is 10.4 Å². The molecule has 2 bridgehead atoms. The Balaban J connectivity index is 1.38. The van der Waals surface area contributed by atoms with Crippen molar-refractivity contribution in [3.8, 4) is 0 Å². The monoisotopic (exact) mass is 682 g/mol. The number of hydroxylamine groups is 2. The van der Waals surface area contributed by atoms with E-state index in [9.17, 15) is 32.7 Å². The lowest BCUT2D eigenvalue weighted by Gasteiger charge is -2.48. The van der Waals surface area contributed by atoms with E-state index in [2.05, 4.69) is 23.9 Å². The van der Waals surface area contributed by atoms with Crippen LogP contribution in [0, 0.1) is 5.41 Å². The smallest absolute Gasteiger partial charge is 0.422 e. The van der Waals surface area contributed by atoms with Crippen molar-refractivity contribution in [3.05, 3.63) is 41.5 Å². The Hall–Kier alpha value is -3.04. The van der Waals surface area contributed by atoms with E-state index in [4.69, 9.17) is 19.0 Å². The minimum atomic E-state index is -4.62. The molecule has 5 rings (SSSR count). The molecule has 2 N–H and O–H groups in total. The van der Waals surface area contributed by atoms with Crippen LogP contribution in [0.25, 0.3) is 6.08 Å². The maximum Gasteiger partial charge on any atom is 0.422 e. The van der Waals surface area contributed by atoms with E-state index < -0.39 is 72.3 Å². The highest BCUT2D eigenvalue weighted by atomic mass is 19.4. The lowest BCUT2D eigenvalue weighted by molar-refractivity contribution is -0.224. The molecule has 0 spiro atoms. The van der Waals surface area contributed by atoms with E-state index in [1.54, 1.807) is 24.3 Å². The van der Waals surface area contributed by atoms with E-state index >= 15 is 0 Å². The average Bonchev–Trinajstić information content (AvgIpc) is 3.60. The molecular formula is C34H45F3N2O9. The number of alkyl halides is 3. The second-order valence-corrected chi connectivity index (χ2v) is 13.0. The molecule has 3 aliphatic heterocycles. The zero-order valence-electron chi connectivity index (χ0n) is 27.3. The molecule has 1 saturated carbocycles. The van der Waals surface area contributed by atoms with Gasteiger partial charge in [0.25, 0.3) is 0 Å². The first kappa shape index (κ1) is 36.2. The second kappa shape index (κ2) is 15.2. The summed E-state index contributed by atoms with van der Waals surface area (Å²) in [7, 11) is 0. The number of halogens is 3. The van der Waals surface area contributed by atoms with Crippen LogP contribution in [0.15, 0.2) is 30.3 Å². The van der Waals surface area contributed by atoms with Gasteiger partial charge in [0, 0.05) is 31.9 Å². The molecule has 4 fully saturated rings. The summed E-state index contributed by atoms with van der Waals surface area (Å²) in [5, 5.41) is 13.7. The number of nitrogens with one attached hydrogen (secondary N) is 1. The fourth-order valence-corrected chi connectivity index (χ4v) is 7.31. The third kappa shape index (κ3) is 7.72. The van der Waals surface area contributed by atoms with Gasteiger partial charge < -0.3 is 29.4 Å². The minimum Gasteiger partial charge on any atom is -0.458 e. The first-order valence-corrected chi connectivity index (χ1v) is 16.8. The number of fused-ring (bicyclic) bond motifs is 4. The van der Waals surface area contributed by atoms with E-state index in [-0.39, 0.29) is 26.1 Å². The molecule has 1 aliphatic carbocycles. The van der Waals surface area contributed by atoms with Crippen LogP contribution in [0.5, 0.6) is 0 Å². The van der Waals surface area contributed by atoms with Crippen molar-refractivity contribution < 1.29 is 56.4 Å². The van der Waals surface area contributed by atoms with Gasteiger partial charge in [-0.1, -0.05) is 63.8 Å². The number of nitrogens with zero attached hydrogens (tertiary/aromatic N) is 1. The molecule has 1 aromatic carbocycles. The second-order valence-electron chi connectivity index (χ2n) is 13.0. The summed E-state index contributed by atoms with van der Waals surface area (Å²) in [6, 6.07) is 5.63. The summed E-state index contributed by atoms with van der Waals surface area (Å²) < 4.78 is 60.6. The lowest BCUT2D eigenvalue weighted by atomic mass is 9.62. The van der Waals surface area contributed by atoms with Crippen molar-refractivity contribution >= 4 is 23.9 Å². The summed E-state index contributed by atoms with van der Waals surface area (Å²) in [5.74, 6) is -3.05. The molecule has 11 nitrogen and oxygen atoms in total. The largest absolute Gasteiger partial charge is 0.458 e. The third-order valence-electron chi connectivity index (χ3n) is 9.50. The molecule has 4 aliphatic rings. The normalized spacial score (nSPS) is 29.1. The molecular weight excluding hydrogens is 637 g/mol. The number of esters is 2. The Labute approximate surface area is 278 Å². The van der Waals surface area contributed by atoms with Crippen molar-refractivity contribution in [2.24, 2.45) is 5.41 Å². The summed E-state index contributed by atoms with van der Waals surface area (Å²) in [5.41, 5.74) is -0.137. The number of carbonyl (C=O) groups excluding carboxylic acids is 3. The summed E-state index contributed by atoms with van der Waals surface area (Å²) in [6.07, 6.45) is 2.12. The van der Waals surface area contributed by atoms with Gasteiger partial charge >= 0.3 is 18.1 Å². The number of aliphatic hydroxyl groups is 1. The number of unbranched alkanes of at least 4 members (excludes halogenated alkanes) is 4. The van der Waals surface area contributed by atoms with Crippen LogP contribution in [0.1, 0.15) is 82.8 Å². The van der Waals surface area contributed by atoms with E-state index in [0.717, 1.165) is 44.6 Å². The standard InChI is InChI=1S/C34H45F3N2O9/c1-3-5-7-15-32(16-8-6-4-2)46-26-24-19-33(31(43)38-17-18-40)28(30(42)45-24)39(48-29(33)27(26)47-32)20-23-11-9-22(10-12-23)13-14-25(41)44-21-34(35,36)37/h9-14,24,26-29,40H,3-8,15-21H2,1-2H3,(H,38,43)/t24-,26+,27+,28-,29-,33-/m1/s1. The Kier molecular flexibility index (Phi) is 11.5. The number of rotatable bonds is 16. The molecule has 48 heavy (non-hydrogen) atoms. The molecule has 1 amide bonds. The molecule has 3 saturated heterocycles. The molecule has 6 atom stereocenters. The summed E-state index contributed by atoms with van der Waals surface area (Å²) in [4.78, 5) is 45.9. The van der Waals surface area contributed by atoms with Crippen LogP contribution in [0.3, 0.4) is 0 Å². The Bertz CT molecular complexity index is 1310. The van der Waals surface area contributed by atoms with E-state index in [0.29, 0.717) is 24.0 Å². The summed E-state index contributed by atoms with van der Waals surface area (Å²) >= 11 is 0. The van der Waals surface area contributed by atoms with E-state index in [1.165, 1.54) is 11.1 Å². The zero-order chi connectivity index (χ0) is 34.5. The van der Waals surface area contributed by atoms with Gasteiger partial charge in [-0.3, -0.25) is 14.4 Å². The van der Waals surface area contributed by atoms with Crippen LogP contribution in [-0.2, 0) is 44.7 Å². The number of aliphatic hydroxyl groups excluding tert-OH is 1. The molecule has 0 radical (unpaired) electrons. The summed E-state index contributed by atoms with van der Waals surface area (Å²) in [6.45, 7) is 2.39. The van der Waals surface area contributed by atoms with Gasteiger partial charge in [0.1, 0.15) is 29.8 Å². The van der Waals surface area contributed by atoms with Crippen LogP contribution in [0.4, 0.5) is 13.2 Å². The van der Waals surface area contributed by atoms with Crippen LogP contribution in [-0.4, -0.2) is 90.2 Å². The fourth-order valence-electron chi connectivity index (χ4n) is 7.31. The van der Waals surface area contributed by atoms with Crippen molar-refractivity contribution in [2.45, 2.75) is 121 Å². The van der Waals surface area contributed by atoms with Crippen LogP contribution < -0.4 is 5.32 Å². The molecule has 1 aromatic rings. The zero-order valence-corrected chi connectivity index (χ0v) is 27.3. The molecule has 3 heterocycles. The van der Waals surface area contributed by atoms with Gasteiger partial charge in [-0.2, -0.15) is 18.2 Å². The van der Waals surface area contributed by atoms with E-state index in [1.807, 2.05) is 0 Å². The Morgan fingerprint density at radius 2 is 1.73 bits per heavy atom. The number of hydrogen-bond donors (Lipinski definition) is 2. The molecule has 266 valence electrons. The van der Waals surface area contributed by atoms with Crippen LogP contribution in [0.2, 0.25) is 0 Å². The highest BCUT2D eigenvalue weighted by Gasteiger charge is 2.76. The molecule has 0 unspecified atom stereocenters. The number of hydrogen-bond acceptors (Lipinski definition) is 10. The number of ether oxygens (including phenoxy) is 4. The Morgan fingerprint density at radius 3 is 2.35 bits per heavy atom. The van der Waals surface area contributed by atoms with Gasteiger partial charge in [0.05, 0.1) is 13.2 Å². The van der Waals surface area contributed by atoms with Gasteiger partial charge in [-0.05, 0) is 30.0 Å². The first-order valence-electron chi connectivity index (χ1n) is 16.8. The number of amides is 1. The number of carbonyl (C=O) groups is 3. The highest BCUT2D eigenvalue weighted by molar-refractivity contribution is 5.93. The van der Waals surface area contributed by atoms with Crippen molar-refractivity contribution in [1.29, 1.82) is 0 Å². The Morgan fingerprint density at radius 1 is 1.06 bits per heavy atom. The van der Waals surface area contributed by atoms with Gasteiger partial charge in [0.15, 0.2) is 18.4 Å². The highest BCUT2D eigenvalue weighted by Crippen LogP contribution is 2.58. The predicted octanol–water partition coefficient (Wildman–Crippen LogP) is 4.35. The molecule has 14 heteroatoms. The quantitative estimate of drug-likeness (QED) is 0.147. The predicted molar refractivity (Wildman–Crippen MR) is 164 cm³/mol. The topological polar surface area (TPSA) is 133 Å². The SMILES string of the molecule is CCCCCC1(CCCCC)O[C@@H]2[C@H](O1)[C@H]1ON(Cc3ccc(C=CC(=O)OCC(F)(F)F)cc3)[C@@H]3C(=O)O[C@@H]2C[C@]13C(=O)NCCO. The van der Waals surface area contributed by atoms with Gasteiger partial charge in [0.2, 0.25) is 5.91 Å².